The van der Waals surface area contributed by atoms with Crippen LogP contribution in [0.4, 0.5) is 0 Å². The number of carbonyl (C=O) groups excluding carboxylic acids is 2. The van der Waals surface area contributed by atoms with Gasteiger partial charge in [-0.1, -0.05) is 73.9 Å². The Morgan fingerprint density at radius 3 is 1.40 bits per heavy atom. The van der Waals surface area contributed by atoms with E-state index in [1.807, 2.05) is 50.3 Å². The number of nitrogens with zero attached hydrogens (tertiary/aromatic N) is 2. The summed E-state index contributed by atoms with van der Waals surface area (Å²) >= 11 is 0. The molecule has 4 rings (SSSR count). The maximum Gasteiger partial charge on any atom is 0.227 e. The normalized spacial score (nSPS) is 11.4. The van der Waals surface area contributed by atoms with Crippen molar-refractivity contribution in [2.24, 2.45) is 0 Å². The Labute approximate surface area is 282 Å². The predicted octanol–water partition coefficient (Wildman–Crippen LogP) is 8.57. The molecule has 0 N–H and O–H groups in total. The Hall–Kier alpha value is -5.76. The molecule has 2 aromatic carbocycles. The van der Waals surface area contributed by atoms with Crippen LogP contribution in [0.2, 0.25) is 0 Å². The van der Waals surface area contributed by atoms with E-state index in [0.717, 1.165) is 44.5 Å². The molecule has 0 amide bonds. The zero-order chi connectivity index (χ0) is 34.5. The predicted molar refractivity (Wildman–Crippen MR) is 188 cm³/mol. The molecule has 4 aromatic rings. The van der Waals surface area contributed by atoms with E-state index in [-0.39, 0.29) is 38.2 Å². The quantitative estimate of drug-likeness (QED) is 0.0833. The zero-order valence-electron chi connectivity index (χ0n) is 27.8. The van der Waals surface area contributed by atoms with Crippen molar-refractivity contribution in [2.75, 3.05) is 13.2 Å². The molecule has 0 aliphatic rings. The lowest BCUT2D eigenvalue weighted by molar-refractivity contribution is 0.111. The average molecular weight is 645 g/mol. The summed E-state index contributed by atoms with van der Waals surface area (Å²) in [6.07, 6.45) is 8.59. The first-order chi connectivity index (χ1) is 23.3. The van der Waals surface area contributed by atoms with Crippen LogP contribution in [0.25, 0.3) is 11.1 Å². The van der Waals surface area contributed by atoms with Crippen LogP contribution in [0.5, 0.6) is 23.5 Å². The summed E-state index contributed by atoms with van der Waals surface area (Å²) in [5.74, 6) is 1.11. The smallest absolute Gasteiger partial charge is 0.227 e. The Balaban J connectivity index is 1.49. The van der Waals surface area contributed by atoms with Crippen molar-refractivity contribution in [3.8, 4) is 34.6 Å². The highest BCUT2D eigenvalue weighted by molar-refractivity contribution is 5.79. The Kier molecular flexibility index (Phi) is 12.6. The number of pyridine rings is 2. The van der Waals surface area contributed by atoms with Gasteiger partial charge >= 0.3 is 0 Å². The van der Waals surface area contributed by atoms with E-state index in [9.17, 15) is 9.59 Å². The third-order valence-corrected chi connectivity index (χ3v) is 7.93. The maximum absolute atomic E-state index is 11.6. The topological polar surface area (TPSA) is 96.8 Å². The van der Waals surface area contributed by atoms with E-state index in [1.54, 1.807) is 36.4 Å². The van der Waals surface area contributed by atoms with Crippen LogP contribution in [-0.4, -0.2) is 35.8 Å². The highest BCUT2D eigenvalue weighted by Crippen LogP contribution is 2.31. The molecule has 0 fully saturated rings. The molecule has 0 spiro atoms. The van der Waals surface area contributed by atoms with Crippen molar-refractivity contribution < 1.29 is 28.5 Å². The largest absolute Gasteiger partial charge is 0.473 e. The number of rotatable bonds is 17. The lowest BCUT2D eigenvalue weighted by atomic mass is 9.92. The monoisotopic (exact) mass is 644 g/mol. The minimum Gasteiger partial charge on any atom is -0.473 e. The van der Waals surface area contributed by atoms with Gasteiger partial charge in [-0.25, -0.2) is 0 Å². The standard InChI is InChI=1S/C40H40N2O6/c1-7-29(8-2)23-47-39-31(21-43)17-19-37(41-39)45-25-33-13-11-15-35(27(33)5)36-16-12-14-34(28(36)6)26-46-38-20-18-32(22-44)40(42-38)48-24-30(9-3)10-4/h7-22H,1,3,23-26H2,2,4-6H3/b29-8+,30-10+. The fourth-order valence-electron chi connectivity index (χ4n) is 4.83. The minimum absolute atomic E-state index is 0.206. The summed E-state index contributed by atoms with van der Waals surface area (Å²) in [5.41, 5.74) is 8.69. The van der Waals surface area contributed by atoms with Crippen LogP contribution in [0, 0.1) is 13.8 Å². The van der Waals surface area contributed by atoms with Gasteiger partial charge in [0.25, 0.3) is 0 Å². The van der Waals surface area contributed by atoms with Crippen molar-refractivity contribution in [3.05, 3.63) is 143 Å². The fraction of sp³-hybridized carbons (Fsp3) is 0.200. The molecule has 0 saturated heterocycles. The van der Waals surface area contributed by atoms with Gasteiger partial charge in [0, 0.05) is 12.1 Å². The van der Waals surface area contributed by atoms with Crippen LogP contribution in [0.1, 0.15) is 56.8 Å². The number of hydrogen-bond donors (Lipinski definition) is 0. The van der Waals surface area contributed by atoms with Crippen molar-refractivity contribution in [2.45, 2.75) is 40.9 Å². The van der Waals surface area contributed by atoms with Crippen LogP contribution in [0.15, 0.2) is 109 Å². The highest BCUT2D eigenvalue weighted by Gasteiger charge is 2.14. The van der Waals surface area contributed by atoms with Gasteiger partial charge in [0.2, 0.25) is 23.5 Å². The Morgan fingerprint density at radius 2 is 1.04 bits per heavy atom. The third kappa shape index (κ3) is 8.73. The van der Waals surface area contributed by atoms with Gasteiger partial charge in [-0.2, -0.15) is 9.97 Å². The molecule has 0 saturated carbocycles. The van der Waals surface area contributed by atoms with Gasteiger partial charge in [0.05, 0.1) is 11.1 Å². The molecule has 246 valence electrons. The second-order valence-corrected chi connectivity index (χ2v) is 10.8. The summed E-state index contributed by atoms with van der Waals surface area (Å²) in [7, 11) is 0. The number of hydrogen-bond acceptors (Lipinski definition) is 8. The lowest BCUT2D eigenvalue weighted by Gasteiger charge is -2.17. The molecule has 0 atom stereocenters. The summed E-state index contributed by atoms with van der Waals surface area (Å²) in [4.78, 5) is 32.0. The van der Waals surface area contributed by atoms with E-state index in [4.69, 9.17) is 18.9 Å². The van der Waals surface area contributed by atoms with E-state index < -0.39 is 0 Å². The lowest BCUT2D eigenvalue weighted by Crippen LogP contribution is -2.06. The number of aromatic nitrogens is 2. The van der Waals surface area contributed by atoms with Crippen LogP contribution < -0.4 is 18.9 Å². The third-order valence-electron chi connectivity index (χ3n) is 7.93. The molecule has 0 bridgehead atoms. The van der Waals surface area contributed by atoms with E-state index in [2.05, 4.69) is 49.1 Å². The summed E-state index contributed by atoms with van der Waals surface area (Å²) < 4.78 is 23.7. The zero-order valence-corrected chi connectivity index (χ0v) is 27.8. The van der Waals surface area contributed by atoms with Crippen molar-refractivity contribution in [1.29, 1.82) is 0 Å². The van der Waals surface area contributed by atoms with Gasteiger partial charge in [-0.15, -0.1) is 0 Å². The first-order valence-electron chi connectivity index (χ1n) is 15.5. The second-order valence-electron chi connectivity index (χ2n) is 10.8. The SMILES string of the molecule is C=C/C(=C\C)COc1nc(OCc2cccc(-c3cccc(COc4ccc(C=O)c(OC/C(C=C)=C/C)n4)c3C)c2C)ccc1C=O. The molecule has 0 radical (unpaired) electrons. The molecule has 0 aliphatic heterocycles. The number of carbonyl (C=O) groups is 2. The maximum atomic E-state index is 11.6. The van der Waals surface area contributed by atoms with Crippen LogP contribution in [-0.2, 0) is 13.2 Å². The number of allylic oxidation sites excluding steroid dienone is 2. The van der Waals surface area contributed by atoms with Gasteiger partial charge in [-0.3, -0.25) is 9.59 Å². The molecule has 8 heteroatoms. The van der Waals surface area contributed by atoms with Crippen molar-refractivity contribution >= 4 is 12.6 Å². The highest BCUT2D eigenvalue weighted by atomic mass is 16.5. The van der Waals surface area contributed by atoms with Crippen LogP contribution >= 0.6 is 0 Å². The Bertz CT molecular complexity index is 1720. The van der Waals surface area contributed by atoms with E-state index in [1.165, 1.54) is 0 Å². The fourth-order valence-corrected chi connectivity index (χ4v) is 4.83. The van der Waals surface area contributed by atoms with E-state index >= 15 is 0 Å². The molecule has 8 nitrogen and oxygen atoms in total. The Morgan fingerprint density at radius 1 is 0.625 bits per heavy atom. The van der Waals surface area contributed by atoms with Crippen molar-refractivity contribution in [1.82, 2.24) is 9.97 Å². The van der Waals surface area contributed by atoms with Crippen LogP contribution in [0.3, 0.4) is 0 Å². The molecule has 48 heavy (non-hydrogen) atoms. The van der Waals surface area contributed by atoms with Gasteiger partial charge < -0.3 is 18.9 Å². The number of aldehydes is 2. The summed E-state index contributed by atoms with van der Waals surface area (Å²) in [6.45, 7) is 16.5. The van der Waals surface area contributed by atoms with E-state index in [0.29, 0.717) is 35.5 Å². The first-order valence-corrected chi connectivity index (χ1v) is 15.5. The van der Waals surface area contributed by atoms with Gasteiger partial charge in [0.1, 0.15) is 26.4 Å². The molecule has 2 aromatic heterocycles. The number of ether oxygens (including phenoxy) is 4. The molecule has 2 heterocycles. The minimum atomic E-state index is 0.206. The molecular weight excluding hydrogens is 604 g/mol. The second kappa shape index (κ2) is 17.2. The van der Waals surface area contributed by atoms with Gasteiger partial charge in [0.15, 0.2) is 12.6 Å². The average Bonchev–Trinajstić information content (AvgIpc) is 3.12. The van der Waals surface area contributed by atoms with Crippen molar-refractivity contribution in [3.63, 3.8) is 0 Å². The molecule has 0 unspecified atom stereocenters. The number of benzene rings is 2. The van der Waals surface area contributed by atoms with Gasteiger partial charge in [-0.05, 0) is 84.4 Å². The molecule has 0 aliphatic carbocycles. The summed E-state index contributed by atoms with van der Waals surface area (Å²) in [5, 5.41) is 0. The summed E-state index contributed by atoms with van der Waals surface area (Å²) in [6, 6.07) is 18.8. The first kappa shape index (κ1) is 35.1. The molecular formula is C40H40N2O6.